The van der Waals surface area contributed by atoms with E-state index in [0.29, 0.717) is 34.1 Å². The molecule has 2 rings (SSSR count). The maximum atomic E-state index is 12.4. The summed E-state index contributed by atoms with van der Waals surface area (Å²) in [5, 5.41) is 3.72. The lowest BCUT2D eigenvalue weighted by Crippen LogP contribution is -2.13. The van der Waals surface area contributed by atoms with Crippen LogP contribution in [0.2, 0.25) is 5.02 Å². The highest BCUT2D eigenvalue weighted by atomic mass is 35.5. The normalized spacial score (nSPS) is 15.7. The van der Waals surface area contributed by atoms with Crippen LogP contribution < -0.4 is 4.74 Å². The topological polar surface area (TPSA) is 35.5 Å². The van der Waals surface area contributed by atoms with Gasteiger partial charge in [-0.2, -0.15) is 10.0 Å². The molecule has 24 heavy (non-hydrogen) atoms. The third kappa shape index (κ3) is 4.28. The Morgan fingerprint density at radius 1 is 1.12 bits per heavy atom. The first-order chi connectivity index (χ1) is 11.3. The minimum atomic E-state index is -0.935. The van der Waals surface area contributed by atoms with Gasteiger partial charge in [0.05, 0.1) is 24.8 Å². The van der Waals surface area contributed by atoms with Crippen LogP contribution in [0.25, 0.3) is 5.57 Å². The first-order valence-electron chi connectivity index (χ1n) is 7.66. The molecule has 0 saturated carbocycles. The van der Waals surface area contributed by atoms with Crippen molar-refractivity contribution >= 4 is 33.0 Å². The van der Waals surface area contributed by atoms with Crippen LogP contribution in [0.15, 0.2) is 17.9 Å². The van der Waals surface area contributed by atoms with Gasteiger partial charge in [-0.15, -0.1) is 0 Å². The molecule has 0 fully saturated rings. The smallest absolute Gasteiger partial charge is 0.167 e. The van der Waals surface area contributed by atoms with Gasteiger partial charge in [0.25, 0.3) is 0 Å². The van der Waals surface area contributed by atoms with E-state index < -0.39 is 10.0 Å². The molecule has 0 aliphatic heterocycles. The zero-order chi connectivity index (χ0) is 17.9. The van der Waals surface area contributed by atoms with Crippen molar-refractivity contribution in [2.45, 2.75) is 19.3 Å². The average Bonchev–Trinajstić information content (AvgIpc) is 2.52. The highest BCUT2D eigenvalue weighted by Crippen LogP contribution is 2.40. The Labute approximate surface area is 150 Å². The molecule has 0 atom stereocenters. The number of hydrogen-bond donors (Lipinski definition) is 0. The van der Waals surface area contributed by atoms with Crippen molar-refractivity contribution in [2.24, 2.45) is 0 Å². The Balaban J connectivity index is 2.61. The molecule has 3 nitrogen and oxygen atoms in total. The largest absolute Gasteiger partial charge is 0.500 e. The van der Waals surface area contributed by atoms with Crippen LogP contribution >= 0.6 is 21.6 Å². The highest BCUT2D eigenvalue weighted by molar-refractivity contribution is 8.35. The zero-order valence-corrected chi connectivity index (χ0v) is 16.4. The second kappa shape index (κ2) is 7.55. The summed E-state index contributed by atoms with van der Waals surface area (Å²) in [6.07, 6.45) is 8.41. The molecule has 1 aliphatic carbocycles. The molecule has 1 aromatic rings. The average molecular weight is 367 g/mol. The lowest BCUT2D eigenvalue weighted by Gasteiger charge is -2.21. The summed E-state index contributed by atoms with van der Waals surface area (Å²) in [4.78, 5) is 12.4. The number of benzene rings is 1. The van der Waals surface area contributed by atoms with Gasteiger partial charge in [-0.05, 0) is 42.6 Å². The third-order valence-electron chi connectivity index (χ3n) is 3.64. The minimum Gasteiger partial charge on any atom is -0.500 e. The van der Waals surface area contributed by atoms with Gasteiger partial charge in [-0.3, -0.25) is 4.79 Å². The molecule has 1 aromatic carbocycles. The number of ketones is 1. The van der Waals surface area contributed by atoms with Crippen LogP contribution in [0.5, 0.6) is 5.75 Å². The van der Waals surface area contributed by atoms with E-state index in [-0.39, 0.29) is 5.78 Å². The maximum Gasteiger partial charge on any atom is 0.167 e. The van der Waals surface area contributed by atoms with Gasteiger partial charge >= 0.3 is 0 Å². The minimum absolute atomic E-state index is 0.0382. The molecule has 0 spiro atoms. The molecule has 0 radical (unpaired) electrons. The van der Waals surface area contributed by atoms with Crippen LogP contribution in [0.3, 0.4) is 0 Å². The fraction of sp³-hybridized carbons (Fsp3) is 0.421. The predicted molar refractivity (Wildman–Crippen MR) is 103 cm³/mol. The number of rotatable bonds is 3. The summed E-state index contributed by atoms with van der Waals surface area (Å²) >= 11 is 6.50. The fourth-order valence-corrected chi connectivity index (χ4v) is 3.30. The number of hydrogen-bond acceptors (Lipinski definition) is 3. The summed E-state index contributed by atoms with van der Waals surface area (Å²) in [6, 6.07) is 3.63. The van der Waals surface area contributed by atoms with Crippen molar-refractivity contribution < 1.29 is 14.3 Å². The van der Waals surface area contributed by atoms with Gasteiger partial charge in [0.2, 0.25) is 0 Å². The molecule has 5 heteroatoms. The second-order valence-electron chi connectivity index (χ2n) is 6.38. The monoisotopic (exact) mass is 366 g/mol. The van der Waals surface area contributed by atoms with Crippen molar-refractivity contribution in [3.8, 4) is 16.9 Å². The van der Waals surface area contributed by atoms with Crippen molar-refractivity contribution in [2.75, 3.05) is 33.0 Å². The Morgan fingerprint density at radius 2 is 1.83 bits per heavy atom. The number of Topliss-reactive ketones (excluding diaryl/α,β-unsaturated/α-hetero) is 1. The van der Waals surface area contributed by atoms with Crippen LogP contribution in [-0.4, -0.2) is 38.8 Å². The number of allylic oxidation sites excluding steroid dienone is 2. The van der Waals surface area contributed by atoms with Crippen LogP contribution in [0.1, 0.15) is 30.4 Å². The molecule has 0 amide bonds. The number of carbonyl (C=O) groups excluding carboxylic acids is 1. The van der Waals surface area contributed by atoms with Gasteiger partial charge in [0.15, 0.2) is 5.78 Å². The third-order valence-corrected chi connectivity index (χ3v) is 4.65. The van der Waals surface area contributed by atoms with Gasteiger partial charge in [-0.1, -0.05) is 17.5 Å². The summed E-state index contributed by atoms with van der Waals surface area (Å²) in [7, 11) is 2.22. The van der Waals surface area contributed by atoms with E-state index in [1.165, 1.54) is 0 Å². The lowest BCUT2D eigenvalue weighted by molar-refractivity contribution is -0.114. The summed E-state index contributed by atoms with van der Waals surface area (Å²) in [6.45, 7) is 0. The highest BCUT2D eigenvalue weighted by Gasteiger charge is 2.27. The van der Waals surface area contributed by atoms with Gasteiger partial charge in [0, 0.05) is 24.0 Å². The van der Waals surface area contributed by atoms with Crippen LogP contribution in [0.4, 0.5) is 0 Å². The quantitative estimate of drug-likeness (QED) is 0.741. The van der Waals surface area contributed by atoms with E-state index in [0.717, 1.165) is 18.4 Å². The van der Waals surface area contributed by atoms with E-state index in [9.17, 15) is 4.79 Å². The Bertz CT molecular complexity index is 748. The fourth-order valence-electron chi connectivity index (χ4n) is 2.57. The molecule has 0 saturated heterocycles. The standard InChI is InChI=1S/C19H23ClO3S/c1-22-16-8-6-7-15(21)19(16)18-14(20)11-13(12-17(18)23-2)9-10-24(3,4)5/h11-12H,6-8H2,1-5H3. The second-order valence-corrected chi connectivity index (χ2v) is 10.7. The van der Waals surface area contributed by atoms with Crippen molar-refractivity contribution in [1.29, 1.82) is 0 Å². The Morgan fingerprint density at radius 3 is 2.42 bits per heavy atom. The molecular weight excluding hydrogens is 344 g/mol. The van der Waals surface area contributed by atoms with Gasteiger partial charge in [0.1, 0.15) is 11.5 Å². The number of methoxy groups -OCH3 is 2. The van der Waals surface area contributed by atoms with Crippen molar-refractivity contribution in [1.82, 2.24) is 0 Å². The SMILES string of the molecule is COC1=C(c2c(Cl)cc(C#CS(C)(C)C)cc2OC)C(=O)CCC1. The predicted octanol–water partition coefficient (Wildman–Crippen LogP) is 4.46. The van der Waals surface area contributed by atoms with E-state index >= 15 is 0 Å². The van der Waals surface area contributed by atoms with E-state index in [2.05, 4.69) is 29.9 Å². The Kier molecular flexibility index (Phi) is 5.90. The molecule has 0 N–H and O–H groups in total. The zero-order valence-electron chi connectivity index (χ0n) is 14.8. The molecule has 0 bridgehead atoms. The van der Waals surface area contributed by atoms with Crippen molar-refractivity contribution in [3.63, 3.8) is 0 Å². The molecule has 130 valence electrons. The summed E-state index contributed by atoms with van der Waals surface area (Å²) < 4.78 is 10.9. The number of carbonyl (C=O) groups is 1. The molecule has 1 aliphatic rings. The molecule has 0 unspecified atom stereocenters. The van der Waals surface area contributed by atoms with Gasteiger partial charge < -0.3 is 9.47 Å². The first-order valence-corrected chi connectivity index (χ1v) is 10.9. The van der Waals surface area contributed by atoms with Crippen LogP contribution in [0, 0.1) is 11.2 Å². The summed E-state index contributed by atoms with van der Waals surface area (Å²) in [5.74, 6) is 4.42. The molecular formula is C19H23ClO3S. The van der Waals surface area contributed by atoms with E-state index in [1.807, 2.05) is 6.07 Å². The van der Waals surface area contributed by atoms with Crippen LogP contribution in [-0.2, 0) is 9.53 Å². The van der Waals surface area contributed by atoms with E-state index in [1.54, 1.807) is 20.3 Å². The first kappa shape index (κ1) is 18.8. The van der Waals surface area contributed by atoms with E-state index in [4.69, 9.17) is 21.1 Å². The number of ether oxygens (including phenoxy) is 2. The van der Waals surface area contributed by atoms with Gasteiger partial charge in [-0.25, -0.2) is 0 Å². The summed E-state index contributed by atoms with van der Waals surface area (Å²) in [5.41, 5.74) is 1.92. The molecule has 0 heterocycles. The number of halogens is 1. The van der Waals surface area contributed by atoms with Crippen molar-refractivity contribution in [3.05, 3.63) is 34.0 Å². The Hall–Kier alpha value is -1.57. The molecule has 0 aromatic heterocycles. The maximum absolute atomic E-state index is 12.4. The lowest BCUT2D eigenvalue weighted by atomic mass is 9.89.